The van der Waals surface area contributed by atoms with Gasteiger partial charge in [-0.3, -0.25) is 4.79 Å². The number of fused-ring (bicyclic) bond motifs is 1. The number of amides is 1. The molecule has 1 aromatic carbocycles. The molecule has 7 heteroatoms. The third-order valence-electron chi connectivity index (χ3n) is 4.92. The van der Waals surface area contributed by atoms with Crippen LogP contribution in [0.3, 0.4) is 0 Å². The summed E-state index contributed by atoms with van der Waals surface area (Å²) < 4.78 is 1.77. The van der Waals surface area contributed by atoms with Gasteiger partial charge in [0, 0.05) is 43.5 Å². The van der Waals surface area contributed by atoms with Crippen molar-refractivity contribution < 1.29 is 4.79 Å². The molecule has 134 valence electrons. The number of nitrogens with zero attached hydrogens (tertiary/aromatic N) is 5. The number of hydrogen-bond donors (Lipinski definition) is 0. The Hall–Kier alpha value is -2.47. The number of halogens is 1. The first-order valence-corrected chi connectivity index (χ1v) is 9.15. The van der Waals surface area contributed by atoms with Crippen molar-refractivity contribution in [1.82, 2.24) is 24.6 Å². The molecule has 26 heavy (non-hydrogen) atoms. The number of piperidine rings is 1. The van der Waals surface area contributed by atoms with E-state index >= 15 is 0 Å². The Morgan fingerprint density at radius 3 is 2.81 bits per heavy atom. The lowest BCUT2D eigenvalue weighted by molar-refractivity contribution is -0.131. The molecule has 0 radical (unpaired) electrons. The first-order chi connectivity index (χ1) is 12.6. The minimum atomic E-state index is 0.142. The van der Waals surface area contributed by atoms with E-state index in [-0.39, 0.29) is 11.8 Å². The van der Waals surface area contributed by atoms with E-state index in [9.17, 15) is 4.79 Å². The Kier molecular flexibility index (Phi) is 4.59. The number of hydrogen-bond acceptors (Lipinski definition) is 4. The number of aryl methyl sites for hydroxylation is 1. The zero-order valence-corrected chi connectivity index (χ0v) is 15.4. The van der Waals surface area contributed by atoms with Crippen molar-refractivity contribution in [2.45, 2.75) is 25.2 Å². The Morgan fingerprint density at radius 1 is 1.23 bits per heavy atom. The molecular formula is C19H20ClN5O. The molecule has 1 atom stereocenters. The molecule has 0 N–H and O–H groups in total. The standard InChI is InChI=1S/C19H20ClN5O/c1-24-19-18(21-8-9-22-19)17(23-24)14-3-2-10-25(12-14)16(26)11-13-4-6-15(20)7-5-13/h4-9,14H,2-3,10-12H2,1H3. The van der Waals surface area contributed by atoms with Gasteiger partial charge in [-0.05, 0) is 30.5 Å². The number of benzene rings is 1. The monoisotopic (exact) mass is 369 g/mol. The van der Waals surface area contributed by atoms with Crippen molar-refractivity contribution in [3.8, 4) is 0 Å². The Morgan fingerprint density at radius 2 is 2.00 bits per heavy atom. The lowest BCUT2D eigenvalue weighted by Gasteiger charge is -2.32. The topological polar surface area (TPSA) is 63.9 Å². The average Bonchev–Trinajstić information content (AvgIpc) is 3.01. The minimum absolute atomic E-state index is 0.142. The van der Waals surface area contributed by atoms with Gasteiger partial charge in [-0.25, -0.2) is 14.6 Å². The molecule has 0 aliphatic carbocycles. The second-order valence-corrected chi connectivity index (χ2v) is 7.16. The summed E-state index contributed by atoms with van der Waals surface area (Å²) in [6.07, 6.45) is 5.74. The highest BCUT2D eigenvalue weighted by atomic mass is 35.5. The highest BCUT2D eigenvalue weighted by Crippen LogP contribution is 2.30. The smallest absolute Gasteiger partial charge is 0.227 e. The third kappa shape index (κ3) is 3.29. The van der Waals surface area contributed by atoms with Crippen LogP contribution in [0.25, 0.3) is 11.2 Å². The molecule has 2 aromatic heterocycles. The normalized spacial score (nSPS) is 17.6. The fourth-order valence-electron chi connectivity index (χ4n) is 3.60. The second-order valence-electron chi connectivity index (χ2n) is 6.72. The lowest BCUT2D eigenvalue weighted by atomic mass is 9.94. The van der Waals surface area contributed by atoms with Crippen LogP contribution in [-0.2, 0) is 18.3 Å². The van der Waals surface area contributed by atoms with Crippen molar-refractivity contribution >= 4 is 28.7 Å². The van der Waals surface area contributed by atoms with Crippen LogP contribution in [0.2, 0.25) is 5.02 Å². The van der Waals surface area contributed by atoms with Crippen LogP contribution >= 0.6 is 11.6 Å². The fraction of sp³-hybridized carbons (Fsp3) is 0.368. The maximum atomic E-state index is 12.7. The molecule has 6 nitrogen and oxygen atoms in total. The molecule has 1 aliphatic heterocycles. The first-order valence-electron chi connectivity index (χ1n) is 8.77. The summed E-state index contributed by atoms with van der Waals surface area (Å²) in [6, 6.07) is 7.46. The molecule has 0 bridgehead atoms. The lowest BCUT2D eigenvalue weighted by Crippen LogP contribution is -2.40. The van der Waals surface area contributed by atoms with Crippen LogP contribution in [0.1, 0.15) is 30.0 Å². The predicted octanol–water partition coefficient (Wildman–Crippen LogP) is 2.97. The largest absolute Gasteiger partial charge is 0.342 e. The van der Waals surface area contributed by atoms with Gasteiger partial charge in [0.15, 0.2) is 5.65 Å². The van der Waals surface area contributed by atoms with Crippen LogP contribution in [0.15, 0.2) is 36.7 Å². The van der Waals surface area contributed by atoms with Gasteiger partial charge in [0.2, 0.25) is 5.91 Å². The second kappa shape index (κ2) is 7.03. The van der Waals surface area contributed by atoms with Gasteiger partial charge in [-0.1, -0.05) is 23.7 Å². The van der Waals surface area contributed by atoms with Gasteiger partial charge in [-0.2, -0.15) is 5.10 Å². The van der Waals surface area contributed by atoms with Crippen molar-refractivity contribution in [2.75, 3.05) is 13.1 Å². The van der Waals surface area contributed by atoms with Crippen LogP contribution in [0.4, 0.5) is 0 Å². The Labute approximate surface area is 156 Å². The molecule has 1 amide bonds. The van der Waals surface area contributed by atoms with E-state index < -0.39 is 0 Å². The zero-order chi connectivity index (χ0) is 18.1. The number of carbonyl (C=O) groups is 1. The zero-order valence-electron chi connectivity index (χ0n) is 14.6. The quantitative estimate of drug-likeness (QED) is 0.712. The average molecular weight is 370 g/mol. The van der Waals surface area contributed by atoms with Crippen LogP contribution < -0.4 is 0 Å². The molecule has 1 fully saturated rings. The Balaban J connectivity index is 1.51. The summed E-state index contributed by atoms with van der Waals surface area (Å²) in [6.45, 7) is 1.47. The molecule has 3 aromatic rings. The number of aromatic nitrogens is 4. The highest BCUT2D eigenvalue weighted by Gasteiger charge is 2.28. The maximum absolute atomic E-state index is 12.7. The van der Waals surface area contributed by atoms with Gasteiger partial charge < -0.3 is 4.90 Å². The minimum Gasteiger partial charge on any atom is -0.342 e. The molecule has 0 saturated carbocycles. The van der Waals surface area contributed by atoms with E-state index in [4.69, 9.17) is 11.6 Å². The van der Waals surface area contributed by atoms with E-state index in [2.05, 4.69) is 15.1 Å². The predicted molar refractivity (Wildman–Crippen MR) is 100 cm³/mol. The molecule has 1 aliphatic rings. The molecule has 1 saturated heterocycles. The fourth-order valence-corrected chi connectivity index (χ4v) is 3.72. The van der Waals surface area contributed by atoms with Gasteiger partial charge in [0.05, 0.1) is 12.1 Å². The van der Waals surface area contributed by atoms with E-state index in [0.29, 0.717) is 18.0 Å². The van der Waals surface area contributed by atoms with Crippen LogP contribution in [0, 0.1) is 0 Å². The molecule has 0 spiro atoms. The maximum Gasteiger partial charge on any atom is 0.227 e. The van der Waals surface area contributed by atoms with E-state index in [0.717, 1.165) is 41.8 Å². The van der Waals surface area contributed by atoms with Gasteiger partial charge >= 0.3 is 0 Å². The SMILES string of the molecule is Cn1nc(C2CCCN(C(=O)Cc3ccc(Cl)cc3)C2)c2nccnc21. The van der Waals surface area contributed by atoms with Crippen molar-refractivity contribution in [1.29, 1.82) is 0 Å². The molecule has 1 unspecified atom stereocenters. The summed E-state index contributed by atoms with van der Waals surface area (Å²) in [4.78, 5) is 23.5. The number of likely N-dealkylation sites (tertiary alicyclic amines) is 1. The van der Waals surface area contributed by atoms with E-state index in [1.54, 1.807) is 17.1 Å². The summed E-state index contributed by atoms with van der Waals surface area (Å²) >= 11 is 5.92. The summed E-state index contributed by atoms with van der Waals surface area (Å²) in [5, 5.41) is 5.32. The summed E-state index contributed by atoms with van der Waals surface area (Å²) in [5.74, 6) is 0.335. The van der Waals surface area contributed by atoms with Crippen LogP contribution in [-0.4, -0.2) is 43.6 Å². The van der Waals surface area contributed by atoms with Gasteiger partial charge in [0.25, 0.3) is 0 Å². The summed E-state index contributed by atoms with van der Waals surface area (Å²) in [7, 11) is 1.88. The summed E-state index contributed by atoms with van der Waals surface area (Å²) in [5.41, 5.74) is 3.55. The number of rotatable bonds is 3. The van der Waals surface area contributed by atoms with E-state index in [1.807, 2.05) is 36.2 Å². The van der Waals surface area contributed by atoms with Crippen molar-refractivity contribution in [3.05, 3.63) is 52.9 Å². The Bertz CT molecular complexity index is 937. The third-order valence-corrected chi connectivity index (χ3v) is 5.17. The molecule has 4 rings (SSSR count). The van der Waals surface area contributed by atoms with Crippen LogP contribution in [0.5, 0.6) is 0 Å². The number of carbonyl (C=O) groups excluding carboxylic acids is 1. The highest BCUT2D eigenvalue weighted by molar-refractivity contribution is 6.30. The first kappa shape index (κ1) is 17.0. The molecule has 3 heterocycles. The van der Waals surface area contributed by atoms with Gasteiger partial charge in [-0.15, -0.1) is 0 Å². The van der Waals surface area contributed by atoms with E-state index in [1.165, 1.54) is 0 Å². The van der Waals surface area contributed by atoms with Crippen molar-refractivity contribution in [2.24, 2.45) is 7.05 Å². The van der Waals surface area contributed by atoms with Gasteiger partial charge in [0.1, 0.15) is 5.52 Å². The van der Waals surface area contributed by atoms with Crippen molar-refractivity contribution in [3.63, 3.8) is 0 Å². The molecular weight excluding hydrogens is 350 g/mol.